The number of fused-ring (bicyclic) bond motifs is 1. The van der Waals surface area contributed by atoms with Crippen molar-refractivity contribution < 1.29 is 75.7 Å². The summed E-state index contributed by atoms with van der Waals surface area (Å²) in [6.07, 6.45) is -15.0. The number of rotatable bonds is 11. The number of pyridine rings is 1. The molecule has 0 fully saturated rings. The second-order valence-electron chi connectivity index (χ2n) is 9.58. The number of sulfonamides is 2. The van der Waals surface area contributed by atoms with Crippen LogP contribution in [0.25, 0.3) is 10.8 Å². The Morgan fingerprint density at radius 1 is 0.673 bits per heavy atom. The van der Waals surface area contributed by atoms with Gasteiger partial charge in [-0.25, -0.2) is 26.1 Å². The molecule has 0 atom stereocenters. The average Bonchev–Trinajstić information content (AvgIpc) is 2.97. The molecule has 0 spiro atoms. The Kier molecular flexibility index (Phi) is 9.88. The summed E-state index contributed by atoms with van der Waals surface area (Å²) in [6, 6.07) is 9.33. The van der Waals surface area contributed by atoms with Gasteiger partial charge in [-0.1, -0.05) is 24.3 Å². The van der Waals surface area contributed by atoms with Crippen LogP contribution in [0.15, 0.2) is 88.8 Å². The molecule has 1 heterocycles. The fraction of sp³-hybridized carbons (Fsp3) is 0.185. The molecule has 1 N–H and O–H groups in total. The summed E-state index contributed by atoms with van der Waals surface area (Å²) in [5.74, 6) is -4.20. The first-order valence-corrected chi connectivity index (χ1v) is 15.8. The highest BCUT2D eigenvalue weighted by atomic mass is 32.2. The molecule has 0 saturated carbocycles. The Hall–Kier alpha value is -4.99. The normalized spacial score (nSPS) is 12.8. The van der Waals surface area contributed by atoms with Gasteiger partial charge >= 0.3 is 24.9 Å². The Morgan fingerprint density at radius 3 is 1.51 bits per heavy atom. The Bertz CT molecular complexity index is 2060. The fourth-order valence-corrected chi connectivity index (χ4v) is 7.14. The number of alkyl halides is 9. The summed E-state index contributed by atoms with van der Waals surface area (Å²) in [6.45, 7) is -3.57. The van der Waals surface area contributed by atoms with Gasteiger partial charge in [-0.2, -0.15) is 13.2 Å². The molecule has 4 rings (SSSR count). The van der Waals surface area contributed by atoms with Crippen LogP contribution in [-0.2, 0) is 24.8 Å². The van der Waals surface area contributed by atoms with Crippen molar-refractivity contribution >= 4 is 48.3 Å². The zero-order valence-corrected chi connectivity index (χ0v) is 25.4. The number of benzene rings is 3. The molecule has 0 amide bonds. The highest BCUT2D eigenvalue weighted by Crippen LogP contribution is 2.38. The Morgan fingerprint density at radius 2 is 1.10 bits per heavy atom. The topological polar surface area (TPSA) is 143 Å². The smallest absolute Gasteiger partial charge is 0.480 e. The third-order valence-corrected chi connectivity index (χ3v) is 9.67. The third kappa shape index (κ3) is 8.93. The van der Waals surface area contributed by atoms with E-state index in [9.17, 15) is 66.3 Å². The molecule has 0 unspecified atom stereocenters. The van der Waals surface area contributed by atoms with E-state index >= 15 is 0 Å². The van der Waals surface area contributed by atoms with Crippen molar-refractivity contribution in [3.63, 3.8) is 0 Å². The summed E-state index contributed by atoms with van der Waals surface area (Å²) in [4.78, 5) is 13.9. The molecular weight excluding hydrogens is 729 g/mol. The van der Waals surface area contributed by atoms with E-state index in [-0.39, 0.29) is 8.61 Å². The molecule has 49 heavy (non-hydrogen) atoms. The van der Waals surface area contributed by atoms with Gasteiger partial charge in [0.1, 0.15) is 24.6 Å². The number of hydrogen-bond donors (Lipinski definition) is 1. The molecule has 22 heteroatoms. The maximum Gasteiger partial charge on any atom is 0.573 e. The summed E-state index contributed by atoms with van der Waals surface area (Å²) in [7, 11) is -10.3. The fourth-order valence-electron chi connectivity index (χ4n) is 4.30. The van der Waals surface area contributed by atoms with Crippen molar-refractivity contribution in [1.82, 2.24) is 4.98 Å². The van der Waals surface area contributed by atoms with Crippen LogP contribution in [-0.4, -0.2) is 64.9 Å². The van der Waals surface area contributed by atoms with E-state index in [1.54, 1.807) is 0 Å². The zero-order chi connectivity index (χ0) is 36.6. The van der Waals surface area contributed by atoms with Crippen molar-refractivity contribution in [3.05, 3.63) is 79.0 Å². The van der Waals surface area contributed by atoms with Gasteiger partial charge in [0, 0.05) is 10.8 Å². The number of carboxylic acid groups (broad SMARTS) is 1. The van der Waals surface area contributed by atoms with E-state index < -0.39 is 102 Å². The number of halogens is 9. The van der Waals surface area contributed by atoms with Gasteiger partial charge < -0.3 is 14.6 Å². The maximum absolute atomic E-state index is 13.8. The van der Waals surface area contributed by atoms with Crippen molar-refractivity contribution in [1.29, 1.82) is 0 Å². The monoisotopic (exact) mass is 747 g/mol. The number of aromatic nitrogens is 1. The van der Waals surface area contributed by atoms with Crippen LogP contribution in [0.4, 0.5) is 51.0 Å². The lowest BCUT2D eigenvalue weighted by atomic mass is 10.1. The molecule has 0 radical (unpaired) electrons. The molecule has 3 aromatic carbocycles. The molecule has 4 aromatic rings. The minimum Gasteiger partial charge on any atom is -0.480 e. The number of carbonyl (C=O) groups is 1. The molecule has 0 aliphatic carbocycles. The van der Waals surface area contributed by atoms with Crippen molar-refractivity contribution in [2.24, 2.45) is 0 Å². The van der Waals surface area contributed by atoms with Gasteiger partial charge in [-0.05, 0) is 48.5 Å². The quantitative estimate of drug-likeness (QED) is 0.181. The SMILES string of the molecule is O=C(O)CN(c1ncc(N(CC(F)(F)F)S(=O)(=O)c2ccc(OC(F)(F)F)cc2)c2ccccc12)S(=O)(=O)c1ccc(OC(F)(F)F)cc1. The standard InChI is InChI=1S/C27H18F9N3O8S2/c28-25(29,30)15-39(49(44,45)19-11-7-17(8-12-19)47-27(34,35)36)22-13-37-24(21-4-2-1-3-20(21)22)38(14-23(40)41)48(42,43)18-9-5-16(6-10-18)46-26(31,32)33/h1-13H,14-15H2,(H,40,41). The van der Waals surface area contributed by atoms with Crippen LogP contribution in [0.5, 0.6) is 11.5 Å². The van der Waals surface area contributed by atoms with Gasteiger partial charge in [0.2, 0.25) is 0 Å². The second kappa shape index (κ2) is 13.1. The number of nitrogens with zero attached hydrogens (tertiary/aromatic N) is 3. The third-order valence-electron chi connectivity index (χ3n) is 6.15. The van der Waals surface area contributed by atoms with Crippen LogP contribution in [0.3, 0.4) is 0 Å². The van der Waals surface area contributed by atoms with Crippen molar-refractivity contribution in [3.8, 4) is 11.5 Å². The van der Waals surface area contributed by atoms with Crippen LogP contribution >= 0.6 is 0 Å². The van der Waals surface area contributed by atoms with E-state index in [2.05, 4.69) is 14.5 Å². The lowest BCUT2D eigenvalue weighted by molar-refractivity contribution is -0.275. The number of carboxylic acids is 1. The van der Waals surface area contributed by atoms with Gasteiger partial charge in [0.05, 0.1) is 21.7 Å². The number of ether oxygens (including phenoxy) is 2. The summed E-state index contributed by atoms with van der Waals surface area (Å²) in [5.41, 5.74) is -0.798. The van der Waals surface area contributed by atoms with E-state index in [1.807, 2.05) is 0 Å². The van der Waals surface area contributed by atoms with Crippen molar-refractivity contribution in [2.45, 2.75) is 28.7 Å². The molecule has 1 aromatic heterocycles. The first-order valence-electron chi connectivity index (χ1n) is 12.9. The van der Waals surface area contributed by atoms with Crippen LogP contribution in [0.1, 0.15) is 0 Å². The molecule has 0 saturated heterocycles. The van der Waals surface area contributed by atoms with E-state index in [4.69, 9.17) is 0 Å². The predicted molar refractivity (Wildman–Crippen MR) is 151 cm³/mol. The number of hydrogen-bond acceptors (Lipinski definition) is 8. The van der Waals surface area contributed by atoms with E-state index in [0.717, 1.165) is 12.1 Å². The van der Waals surface area contributed by atoms with Crippen LogP contribution < -0.4 is 18.1 Å². The number of aliphatic carboxylic acids is 1. The minimum absolute atomic E-state index is 0.179. The highest BCUT2D eigenvalue weighted by Gasteiger charge is 2.40. The molecule has 0 aliphatic rings. The lowest BCUT2D eigenvalue weighted by Gasteiger charge is -2.28. The highest BCUT2D eigenvalue weighted by molar-refractivity contribution is 7.93. The maximum atomic E-state index is 13.8. The molecule has 0 bridgehead atoms. The van der Waals surface area contributed by atoms with Gasteiger partial charge in [-0.3, -0.25) is 9.10 Å². The second-order valence-corrected chi connectivity index (χ2v) is 13.3. The number of anilines is 2. The van der Waals surface area contributed by atoms with Gasteiger partial charge in [-0.15, -0.1) is 26.3 Å². The van der Waals surface area contributed by atoms with Crippen LogP contribution in [0, 0.1) is 0 Å². The predicted octanol–water partition coefficient (Wildman–Crippen LogP) is 6.07. The minimum atomic E-state index is -5.26. The average molecular weight is 748 g/mol. The molecule has 0 aliphatic heterocycles. The summed E-state index contributed by atoms with van der Waals surface area (Å²) < 4.78 is 178. The Labute approximate surface area is 269 Å². The largest absolute Gasteiger partial charge is 0.573 e. The zero-order valence-electron chi connectivity index (χ0n) is 23.8. The first-order chi connectivity index (χ1) is 22.5. The van der Waals surface area contributed by atoms with Gasteiger partial charge in [0.25, 0.3) is 20.0 Å². The van der Waals surface area contributed by atoms with Gasteiger partial charge in [0.15, 0.2) is 5.82 Å². The molecule has 11 nitrogen and oxygen atoms in total. The molecular formula is C27H18F9N3O8S2. The van der Waals surface area contributed by atoms with Crippen LogP contribution in [0.2, 0.25) is 0 Å². The summed E-state index contributed by atoms with van der Waals surface area (Å²) >= 11 is 0. The Balaban J connectivity index is 1.87. The lowest BCUT2D eigenvalue weighted by Crippen LogP contribution is -2.40. The summed E-state index contributed by atoms with van der Waals surface area (Å²) in [5, 5.41) is 8.73. The van der Waals surface area contributed by atoms with Crippen molar-refractivity contribution in [2.75, 3.05) is 21.7 Å². The first kappa shape index (κ1) is 36.8. The molecule has 264 valence electrons. The van der Waals surface area contributed by atoms with E-state index in [0.29, 0.717) is 54.7 Å². The van der Waals surface area contributed by atoms with E-state index in [1.165, 1.54) is 12.1 Å².